The second-order valence-corrected chi connectivity index (χ2v) is 5.43. The van der Waals surface area contributed by atoms with Crippen LogP contribution < -0.4 is 10.2 Å². The Kier molecular flexibility index (Phi) is 7.02. The van der Waals surface area contributed by atoms with Crippen LogP contribution in [-0.4, -0.2) is 43.1 Å². The van der Waals surface area contributed by atoms with Crippen LogP contribution in [0.25, 0.3) is 0 Å². The molecule has 20 heavy (non-hydrogen) atoms. The third-order valence-corrected chi connectivity index (χ3v) is 3.80. The summed E-state index contributed by atoms with van der Waals surface area (Å²) < 4.78 is 7.06. The second-order valence-electron chi connectivity index (χ2n) is 5.43. The van der Waals surface area contributed by atoms with E-state index in [1.807, 2.05) is 11.7 Å². The molecular formula is C15H30N4O. The fourth-order valence-electron chi connectivity index (χ4n) is 2.55. The summed E-state index contributed by atoms with van der Waals surface area (Å²) in [6.07, 6.45) is 2.39. The summed E-state index contributed by atoms with van der Waals surface area (Å²) in [5.74, 6) is 1.22. The van der Waals surface area contributed by atoms with Crippen LogP contribution >= 0.6 is 0 Å². The van der Waals surface area contributed by atoms with Crippen LogP contribution in [0, 0.1) is 6.92 Å². The Morgan fingerprint density at radius 2 is 2.15 bits per heavy atom. The first-order valence-corrected chi connectivity index (χ1v) is 7.47. The lowest BCUT2D eigenvalue weighted by atomic mass is 10.1. The van der Waals surface area contributed by atoms with E-state index in [0.717, 1.165) is 25.4 Å². The van der Waals surface area contributed by atoms with Crippen molar-refractivity contribution in [2.45, 2.75) is 46.2 Å². The molecule has 5 nitrogen and oxygen atoms in total. The molecule has 0 spiro atoms. The van der Waals surface area contributed by atoms with Gasteiger partial charge in [-0.25, -0.2) is 0 Å². The molecular weight excluding hydrogens is 252 g/mol. The minimum atomic E-state index is 0.521. The number of aromatic nitrogens is 2. The van der Waals surface area contributed by atoms with Crippen molar-refractivity contribution < 1.29 is 4.74 Å². The zero-order valence-corrected chi connectivity index (χ0v) is 13.9. The van der Waals surface area contributed by atoms with Gasteiger partial charge in [0.2, 0.25) is 0 Å². The molecule has 0 saturated heterocycles. The van der Waals surface area contributed by atoms with Crippen LogP contribution in [-0.2, 0) is 18.3 Å². The molecule has 1 rings (SSSR count). The summed E-state index contributed by atoms with van der Waals surface area (Å²) >= 11 is 0. The highest BCUT2D eigenvalue weighted by Crippen LogP contribution is 2.24. The van der Waals surface area contributed by atoms with Crippen LogP contribution in [0.2, 0.25) is 0 Å². The van der Waals surface area contributed by atoms with Crippen LogP contribution in [0.15, 0.2) is 0 Å². The number of anilines is 1. The van der Waals surface area contributed by atoms with Gasteiger partial charge in [-0.15, -0.1) is 0 Å². The molecule has 0 bridgehead atoms. The van der Waals surface area contributed by atoms with Crippen LogP contribution in [0.4, 0.5) is 5.82 Å². The Balaban J connectivity index is 2.83. The van der Waals surface area contributed by atoms with Gasteiger partial charge in [0, 0.05) is 45.9 Å². The summed E-state index contributed by atoms with van der Waals surface area (Å²) in [6, 6.07) is 0.521. The minimum absolute atomic E-state index is 0.521. The van der Waals surface area contributed by atoms with Crippen molar-refractivity contribution in [1.29, 1.82) is 0 Å². The highest BCUT2D eigenvalue weighted by atomic mass is 16.5. The van der Waals surface area contributed by atoms with Crippen molar-refractivity contribution in [1.82, 2.24) is 15.1 Å². The van der Waals surface area contributed by atoms with E-state index in [0.29, 0.717) is 6.04 Å². The molecule has 0 aliphatic heterocycles. The molecule has 116 valence electrons. The molecule has 0 aromatic carbocycles. The lowest BCUT2D eigenvalue weighted by Crippen LogP contribution is -2.32. The first-order chi connectivity index (χ1) is 9.52. The van der Waals surface area contributed by atoms with Crippen molar-refractivity contribution >= 4 is 5.82 Å². The molecule has 0 saturated carbocycles. The van der Waals surface area contributed by atoms with Crippen LogP contribution in [0.5, 0.6) is 0 Å². The van der Waals surface area contributed by atoms with Gasteiger partial charge < -0.3 is 15.0 Å². The fraction of sp³-hybridized carbons (Fsp3) is 0.800. The third-order valence-electron chi connectivity index (χ3n) is 3.80. The van der Waals surface area contributed by atoms with E-state index < -0.39 is 0 Å². The SMILES string of the molecule is CCCC(C)N(C)c1c(CNCCOC)c(C)nn1C. The van der Waals surface area contributed by atoms with E-state index in [2.05, 4.69) is 43.1 Å². The third kappa shape index (κ3) is 4.21. The quantitative estimate of drug-likeness (QED) is 0.704. The Bertz CT molecular complexity index is 403. The van der Waals surface area contributed by atoms with Gasteiger partial charge in [0.1, 0.15) is 5.82 Å². The van der Waals surface area contributed by atoms with E-state index in [-0.39, 0.29) is 0 Å². The Morgan fingerprint density at radius 1 is 1.45 bits per heavy atom. The zero-order chi connectivity index (χ0) is 15.1. The first kappa shape index (κ1) is 17.0. The summed E-state index contributed by atoms with van der Waals surface area (Å²) in [5.41, 5.74) is 2.39. The largest absolute Gasteiger partial charge is 0.383 e. The highest BCUT2D eigenvalue weighted by Gasteiger charge is 2.19. The van der Waals surface area contributed by atoms with Crippen molar-refractivity contribution in [3.05, 3.63) is 11.3 Å². The smallest absolute Gasteiger partial charge is 0.131 e. The van der Waals surface area contributed by atoms with Gasteiger partial charge in [-0.2, -0.15) is 5.10 Å². The lowest BCUT2D eigenvalue weighted by Gasteiger charge is -2.28. The Labute approximate surface area is 123 Å². The normalized spacial score (nSPS) is 12.7. The number of aryl methyl sites for hydroxylation is 2. The number of nitrogens with zero attached hydrogens (tertiary/aromatic N) is 3. The number of rotatable bonds is 9. The van der Waals surface area contributed by atoms with Crippen molar-refractivity contribution in [2.75, 3.05) is 32.2 Å². The maximum Gasteiger partial charge on any atom is 0.131 e. The van der Waals surface area contributed by atoms with Crippen molar-refractivity contribution in [2.24, 2.45) is 7.05 Å². The second kappa shape index (κ2) is 8.27. The highest BCUT2D eigenvalue weighted by molar-refractivity contribution is 5.50. The molecule has 1 heterocycles. The number of hydrogen-bond donors (Lipinski definition) is 1. The maximum absolute atomic E-state index is 5.07. The minimum Gasteiger partial charge on any atom is -0.383 e. The van der Waals surface area contributed by atoms with Gasteiger partial charge in [-0.3, -0.25) is 4.68 Å². The first-order valence-electron chi connectivity index (χ1n) is 7.47. The average Bonchev–Trinajstić information content (AvgIpc) is 2.68. The molecule has 1 N–H and O–H groups in total. The monoisotopic (exact) mass is 282 g/mol. The number of hydrogen-bond acceptors (Lipinski definition) is 4. The van der Waals surface area contributed by atoms with Gasteiger partial charge in [-0.05, 0) is 20.3 Å². The predicted molar refractivity (Wildman–Crippen MR) is 84.3 cm³/mol. The lowest BCUT2D eigenvalue weighted by molar-refractivity contribution is 0.199. The topological polar surface area (TPSA) is 42.3 Å². The zero-order valence-electron chi connectivity index (χ0n) is 13.9. The van der Waals surface area contributed by atoms with E-state index in [1.54, 1.807) is 7.11 Å². The Morgan fingerprint density at radius 3 is 2.75 bits per heavy atom. The van der Waals surface area contributed by atoms with Crippen LogP contribution in [0.3, 0.4) is 0 Å². The van der Waals surface area contributed by atoms with E-state index in [9.17, 15) is 0 Å². The van der Waals surface area contributed by atoms with Crippen molar-refractivity contribution in [3.8, 4) is 0 Å². The van der Waals surface area contributed by atoms with Gasteiger partial charge >= 0.3 is 0 Å². The molecule has 0 radical (unpaired) electrons. The average molecular weight is 282 g/mol. The van der Waals surface area contributed by atoms with E-state index in [4.69, 9.17) is 4.74 Å². The number of methoxy groups -OCH3 is 1. The van der Waals surface area contributed by atoms with Crippen molar-refractivity contribution in [3.63, 3.8) is 0 Å². The van der Waals surface area contributed by atoms with E-state index in [1.165, 1.54) is 24.2 Å². The summed E-state index contributed by atoms with van der Waals surface area (Å²) in [7, 11) is 5.91. The summed E-state index contributed by atoms with van der Waals surface area (Å²) in [4.78, 5) is 2.34. The summed E-state index contributed by atoms with van der Waals surface area (Å²) in [5, 5.41) is 8.00. The molecule has 1 aromatic rings. The molecule has 5 heteroatoms. The number of ether oxygens (including phenoxy) is 1. The fourth-order valence-corrected chi connectivity index (χ4v) is 2.55. The molecule has 0 aliphatic rings. The van der Waals surface area contributed by atoms with Crippen LogP contribution in [0.1, 0.15) is 37.9 Å². The predicted octanol–water partition coefficient (Wildman–Crippen LogP) is 2.09. The molecule has 0 fully saturated rings. The molecule has 0 amide bonds. The molecule has 0 aliphatic carbocycles. The Hall–Kier alpha value is -1.07. The van der Waals surface area contributed by atoms with Gasteiger partial charge in [0.05, 0.1) is 12.3 Å². The number of nitrogens with one attached hydrogen (secondary N) is 1. The summed E-state index contributed by atoms with van der Waals surface area (Å²) in [6.45, 7) is 9.01. The molecule has 1 aromatic heterocycles. The molecule has 1 unspecified atom stereocenters. The van der Waals surface area contributed by atoms with Gasteiger partial charge in [0.25, 0.3) is 0 Å². The molecule has 1 atom stereocenters. The standard InChI is InChI=1S/C15H30N4O/c1-7-8-12(2)18(4)15-14(11-16-9-10-20-6)13(3)17-19(15)5/h12,16H,7-11H2,1-6H3. The maximum atomic E-state index is 5.07. The van der Waals surface area contributed by atoms with Gasteiger partial charge in [0.15, 0.2) is 0 Å². The van der Waals surface area contributed by atoms with Gasteiger partial charge in [-0.1, -0.05) is 13.3 Å². The van der Waals surface area contributed by atoms with E-state index >= 15 is 0 Å².